The van der Waals surface area contributed by atoms with Gasteiger partial charge in [-0.25, -0.2) is 9.78 Å². The number of benzene rings is 1. The van der Waals surface area contributed by atoms with E-state index in [4.69, 9.17) is 14.5 Å². The Hall–Kier alpha value is -3.19. The average molecular weight is 420 g/mol. The fraction of sp³-hybridized carbons (Fsp3) is 0.375. The third-order valence-electron chi connectivity index (χ3n) is 6.52. The van der Waals surface area contributed by atoms with Crippen molar-refractivity contribution in [3.8, 4) is 17.1 Å². The normalized spacial score (nSPS) is 19.2. The SMILES string of the molecule is CC[C@@]1(O)C(=O)OCc2c1cc1n(c2=O)Cc2c-1nc1cc(OC)ccc1c2C(C)C. The van der Waals surface area contributed by atoms with Gasteiger partial charge in [0.1, 0.15) is 12.4 Å². The van der Waals surface area contributed by atoms with E-state index in [0.717, 1.165) is 22.0 Å². The van der Waals surface area contributed by atoms with Crippen LogP contribution in [-0.4, -0.2) is 27.7 Å². The number of pyridine rings is 2. The van der Waals surface area contributed by atoms with Gasteiger partial charge in [0.05, 0.1) is 36.1 Å². The number of carbonyl (C=O) groups excluding carboxylic acids is 1. The number of fused-ring (bicyclic) bond motifs is 5. The highest BCUT2D eigenvalue weighted by molar-refractivity contribution is 5.90. The Bertz CT molecular complexity index is 1320. The number of aliphatic hydroxyl groups is 1. The van der Waals surface area contributed by atoms with E-state index in [2.05, 4.69) is 13.8 Å². The van der Waals surface area contributed by atoms with Crippen LogP contribution in [0, 0.1) is 0 Å². The minimum Gasteiger partial charge on any atom is -0.497 e. The molecule has 2 aliphatic heterocycles. The van der Waals surface area contributed by atoms with Crippen LogP contribution in [0.4, 0.5) is 0 Å². The third kappa shape index (κ3) is 2.59. The molecule has 31 heavy (non-hydrogen) atoms. The van der Waals surface area contributed by atoms with Gasteiger partial charge in [-0.1, -0.05) is 20.8 Å². The van der Waals surface area contributed by atoms with Gasteiger partial charge in [-0.05, 0) is 36.1 Å². The zero-order valence-electron chi connectivity index (χ0n) is 18.0. The maximum Gasteiger partial charge on any atom is 0.343 e. The molecular weight excluding hydrogens is 396 g/mol. The summed E-state index contributed by atoms with van der Waals surface area (Å²) < 4.78 is 12.2. The highest BCUT2D eigenvalue weighted by Crippen LogP contribution is 2.42. The highest BCUT2D eigenvalue weighted by atomic mass is 16.6. The van der Waals surface area contributed by atoms with Crippen LogP contribution in [0.5, 0.6) is 5.75 Å². The van der Waals surface area contributed by atoms with Crippen molar-refractivity contribution in [2.45, 2.75) is 51.9 Å². The second-order valence-electron chi connectivity index (χ2n) is 8.49. The molecule has 0 unspecified atom stereocenters. The number of rotatable bonds is 3. The number of hydrogen-bond acceptors (Lipinski definition) is 6. The first-order valence-electron chi connectivity index (χ1n) is 10.5. The molecule has 2 aliphatic rings. The predicted octanol–water partition coefficient (Wildman–Crippen LogP) is 3.21. The van der Waals surface area contributed by atoms with E-state index < -0.39 is 11.6 Å². The van der Waals surface area contributed by atoms with Crippen LogP contribution >= 0.6 is 0 Å². The summed E-state index contributed by atoms with van der Waals surface area (Å²) in [6.07, 6.45) is 0.119. The van der Waals surface area contributed by atoms with Crippen molar-refractivity contribution < 1.29 is 19.4 Å². The molecule has 0 amide bonds. The Morgan fingerprint density at radius 2 is 2.03 bits per heavy atom. The number of nitrogens with zero attached hydrogens (tertiary/aromatic N) is 2. The van der Waals surface area contributed by atoms with Gasteiger partial charge in [0.2, 0.25) is 0 Å². The summed E-state index contributed by atoms with van der Waals surface area (Å²) in [7, 11) is 1.61. The molecule has 0 fully saturated rings. The van der Waals surface area contributed by atoms with E-state index in [9.17, 15) is 14.7 Å². The maximum absolute atomic E-state index is 13.4. The van der Waals surface area contributed by atoms with E-state index >= 15 is 0 Å². The smallest absolute Gasteiger partial charge is 0.343 e. The largest absolute Gasteiger partial charge is 0.497 e. The molecule has 2 aromatic heterocycles. The van der Waals surface area contributed by atoms with Crippen molar-refractivity contribution in [1.29, 1.82) is 0 Å². The van der Waals surface area contributed by atoms with Crippen molar-refractivity contribution in [2.75, 3.05) is 7.11 Å². The topological polar surface area (TPSA) is 90.7 Å². The fourth-order valence-corrected chi connectivity index (χ4v) is 4.88. The maximum atomic E-state index is 13.4. The standard InChI is InChI=1S/C24H24N2O5/c1-5-24(29)17-9-19-21-15(10-26(19)22(27)16(17)11-31-23(24)28)20(12(2)3)14-7-6-13(30-4)8-18(14)25-21/h6-9,12,29H,5,10-11H2,1-4H3/t24-/m0/s1. The number of aromatic nitrogens is 2. The minimum absolute atomic E-state index is 0.119. The summed E-state index contributed by atoms with van der Waals surface area (Å²) in [5.41, 5.74) is 2.83. The molecule has 0 saturated carbocycles. The lowest BCUT2D eigenvalue weighted by Crippen LogP contribution is -2.44. The molecule has 7 nitrogen and oxygen atoms in total. The Kier molecular flexibility index (Phi) is 4.24. The van der Waals surface area contributed by atoms with E-state index in [-0.39, 0.29) is 24.5 Å². The Balaban J connectivity index is 1.84. The van der Waals surface area contributed by atoms with Crippen molar-refractivity contribution >= 4 is 16.9 Å². The number of esters is 1. The summed E-state index contributed by atoms with van der Waals surface area (Å²) in [6, 6.07) is 7.56. The van der Waals surface area contributed by atoms with E-state index in [0.29, 0.717) is 34.8 Å². The summed E-state index contributed by atoms with van der Waals surface area (Å²) in [6.45, 7) is 6.22. The molecule has 0 aliphatic carbocycles. The minimum atomic E-state index is -1.83. The number of cyclic esters (lactones) is 1. The molecule has 1 aromatic carbocycles. The number of ether oxygens (including phenoxy) is 2. The average Bonchev–Trinajstić information content (AvgIpc) is 3.12. The quantitative estimate of drug-likeness (QED) is 0.512. The molecule has 160 valence electrons. The molecule has 7 heteroatoms. The lowest BCUT2D eigenvalue weighted by molar-refractivity contribution is -0.172. The molecule has 1 N–H and O–H groups in total. The molecule has 0 saturated heterocycles. The summed E-state index contributed by atoms with van der Waals surface area (Å²) in [5.74, 6) is 0.201. The Morgan fingerprint density at radius 3 is 2.71 bits per heavy atom. The van der Waals surface area contributed by atoms with Crippen molar-refractivity contribution in [2.24, 2.45) is 0 Å². The molecule has 1 atom stereocenters. The third-order valence-corrected chi connectivity index (χ3v) is 6.52. The summed E-state index contributed by atoms with van der Waals surface area (Å²) in [5, 5.41) is 12.1. The molecule has 0 bridgehead atoms. The Labute approximate surface area is 179 Å². The van der Waals surface area contributed by atoms with Crippen LogP contribution in [0.15, 0.2) is 29.1 Å². The van der Waals surface area contributed by atoms with Gasteiger partial charge in [0.25, 0.3) is 5.56 Å². The first-order valence-corrected chi connectivity index (χ1v) is 10.5. The van der Waals surface area contributed by atoms with Gasteiger partial charge < -0.3 is 19.1 Å². The van der Waals surface area contributed by atoms with E-state index in [1.165, 1.54) is 0 Å². The number of hydrogen-bond donors (Lipinski definition) is 1. The van der Waals surface area contributed by atoms with Gasteiger partial charge in [0.15, 0.2) is 5.60 Å². The van der Waals surface area contributed by atoms with Gasteiger partial charge in [-0.3, -0.25) is 4.79 Å². The van der Waals surface area contributed by atoms with Crippen molar-refractivity contribution in [3.05, 3.63) is 56.9 Å². The van der Waals surface area contributed by atoms with Gasteiger partial charge in [0, 0.05) is 22.6 Å². The van der Waals surface area contributed by atoms with Crippen molar-refractivity contribution in [3.63, 3.8) is 0 Å². The molecule has 0 radical (unpaired) electrons. The van der Waals surface area contributed by atoms with Gasteiger partial charge in [-0.2, -0.15) is 0 Å². The number of methoxy groups -OCH3 is 1. The lowest BCUT2D eigenvalue weighted by atomic mass is 9.86. The molecular formula is C24H24N2O5. The predicted molar refractivity (Wildman–Crippen MR) is 115 cm³/mol. The van der Waals surface area contributed by atoms with Gasteiger partial charge in [-0.15, -0.1) is 0 Å². The highest BCUT2D eigenvalue weighted by Gasteiger charge is 2.45. The van der Waals surface area contributed by atoms with Crippen LogP contribution in [0.25, 0.3) is 22.3 Å². The second kappa shape index (κ2) is 6.65. The zero-order valence-corrected chi connectivity index (χ0v) is 18.0. The van der Waals surface area contributed by atoms with E-state index in [1.54, 1.807) is 24.7 Å². The molecule has 0 spiro atoms. The fourth-order valence-electron chi connectivity index (χ4n) is 4.88. The molecule has 4 heterocycles. The first-order chi connectivity index (χ1) is 14.8. The molecule has 5 rings (SSSR count). The van der Waals surface area contributed by atoms with Crippen molar-refractivity contribution in [1.82, 2.24) is 9.55 Å². The monoisotopic (exact) mass is 420 g/mol. The Morgan fingerprint density at radius 1 is 1.26 bits per heavy atom. The van der Waals surface area contributed by atoms with Crippen LogP contribution in [0.1, 0.15) is 55.4 Å². The second-order valence-corrected chi connectivity index (χ2v) is 8.49. The molecule has 3 aromatic rings. The van der Waals surface area contributed by atoms with Crippen LogP contribution in [-0.2, 0) is 28.3 Å². The van der Waals surface area contributed by atoms with Crippen LogP contribution < -0.4 is 10.3 Å². The van der Waals surface area contributed by atoms with E-state index in [1.807, 2.05) is 18.2 Å². The first kappa shape index (κ1) is 19.8. The van der Waals surface area contributed by atoms with Crippen LogP contribution in [0.3, 0.4) is 0 Å². The number of carbonyl (C=O) groups is 1. The lowest BCUT2D eigenvalue weighted by Gasteiger charge is -2.31. The zero-order chi connectivity index (χ0) is 22.1. The van der Waals surface area contributed by atoms with Gasteiger partial charge >= 0.3 is 5.97 Å². The summed E-state index contributed by atoms with van der Waals surface area (Å²) in [4.78, 5) is 30.6. The van der Waals surface area contributed by atoms with Crippen LogP contribution in [0.2, 0.25) is 0 Å². The summed E-state index contributed by atoms with van der Waals surface area (Å²) >= 11 is 0.